The molecule has 1 aromatic rings. The van der Waals surface area contributed by atoms with E-state index in [0.29, 0.717) is 6.54 Å². The molecule has 0 amide bonds. The molecule has 0 spiro atoms. The Kier molecular flexibility index (Phi) is 4.72. The summed E-state index contributed by atoms with van der Waals surface area (Å²) in [4.78, 5) is 0. The summed E-state index contributed by atoms with van der Waals surface area (Å²) in [6.07, 6.45) is 0. The van der Waals surface area contributed by atoms with Crippen molar-refractivity contribution in [3.05, 3.63) is 35.4 Å². The Labute approximate surface area is 105 Å². The minimum absolute atomic E-state index is 0.250. The van der Waals surface area contributed by atoms with E-state index in [1.807, 2.05) is 20.8 Å². The Hall–Kier alpha value is -0.860. The Morgan fingerprint density at radius 2 is 1.71 bits per heavy atom. The summed E-state index contributed by atoms with van der Waals surface area (Å²) < 4.78 is 0. The highest BCUT2D eigenvalue weighted by molar-refractivity contribution is 5.23. The van der Waals surface area contributed by atoms with Gasteiger partial charge in [-0.1, -0.05) is 43.7 Å². The van der Waals surface area contributed by atoms with E-state index in [1.54, 1.807) is 0 Å². The second kappa shape index (κ2) is 5.65. The number of benzene rings is 1. The van der Waals surface area contributed by atoms with Crippen LogP contribution >= 0.6 is 0 Å². The highest BCUT2D eigenvalue weighted by atomic mass is 16.3. The van der Waals surface area contributed by atoms with Crippen LogP contribution in [0.3, 0.4) is 0 Å². The van der Waals surface area contributed by atoms with Crippen LogP contribution in [0.4, 0.5) is 0 Å². The first-order chi connectivity index (χ1) is 7.83. The fourth-order valence-electron chi connectivity index (χ4n) is 1.54. The average molecular weight is 235 g/mol. The Bertz CT molecular complexity index is 340. The molecular weight excluding hydrogens is 210 g/mol. The van der Waals surface area contributed by atoms with Crippen molar-refractivity contribution in [2.45, 2.75) is 46.3 Å². The lowest BCUT2D eigenvalue weighted by Crippen LogP contribution is -2.42. The molecule has 0 saturated carbocycles. The van der Waals surface area contributed by atoms with Crippen molar-refractivity contribution in [3.8, 4) is 0 Å². The van der Waals surface area contributed by atoms with E-state index in [4.69, 9.17) is 0 Å². The molecule has 0 heterocycles. The zero-order chi connectivity index (χ0) is 13.1. The normalized spacial score (nSPS) is 16.9. The average Bonchev–Trinajstić information content (AvgIpc) is 2.27. The van der Waals surface area contributed by atoms with E-state index in [2.05, 4.69) is 43.4 Å². The maximum atomic E-state index is 10.2. The summed E-state index contributed by atoms with van der Waals surface area (Å²) in [5, 5.41) is 13.6. The van der Waals surface area contributed by atoms with Gasteiger partial charge in [0.05, 0.1) is 5.60 Å². The van der Waals surface area contributed by atoms with Gasteiger partial charge in [0.25, 0.3) is 0 Å². The van der Waals surface area contributed by atoms with Gasteiger partial charge in [0.15, 0.2) is 0 Å². The monoisotopic (exact) mass is 235 g/mol. The van der Waals surface area contributed by atoms with Crippen molar-refractivity contribution in [2.24, 2.45) is 5.92 Å². The van der Waals surface area contributed by atoms with E-state index in [1.165, 1.54) is 11.1 Å². The van der Waals surface area contributed by atoms with Gasteiger partial charge in [0.1, 0.15) is 0 Å². The third kappa shape index (κ3) is 4.14. The fourth-order valence-corrected chi connectivity index (χ4v) is 1.54. The van der Waals surface area contributed by atoms with E-state index >= 15 is 0 Å². The first-order valence-electron chi connectivity index (χ1n) is 6.35. The fraction of sp³-hybridized carbons (Fsp3) is 0.600. The second-order valence-electron chi connectivity index (χ2n) is 5.53. The molecule has 1 aromatic carbocycles. The molecule has 1 rings (SSSR count). The quantitative estimate of drug-likeness (QED) is 0.822. The molecule has 0 aromatic heterocycles. The van der Waals surface area contributed by atoms with Gasteiger partial charge >= 0.3 is 0 Å². The Morgan fingerprint density at radius 1 is 1.18 bits per heavy atom. The second-order valence-corrected chi connectivity index (χ2v) is 5.53. The van der Waals surface area contributed by atoms with Crippen LogP contribution in [0.2, 0.25) is 0 Å². The number of hydrogen-bond donors (Lipinski definition) is 2. The third-order valence-electron chi connectivity index (χ3n) is 3.59. The smallest absolute Gasteiger partial charge is 0.0766 e. The predicted octanol–water partition coefficient (Wildman–Crippen LogP) is 3.05. The van der Waals surface area contributed by atoms with Crippen LogP contribution in [0.15, 0.2) is 24.3 Å². The Balaban J connectivity index is 2.55. The maximum Gasteiger partial charge on any atom is 0.0766 e. The largest absolute Gasteiger partial charge is 0.389 e. The maximum absolute atomic E-state index is 10.2. The highest BCUT2D eigenvalue weighted by Gasteiger charge is 2.25. The summed E-state index contributed by atoms with van der Waals surface area (Å²) in [6.45, 7) is 10.8. The topological polar surface area (TPSA) is 32.3 Å². The van der Waals surface area contributed by atoms with Crippen molar-refractivity contribution in [3.63, 3.8) is 0 Å². The zero-order valence-electron chi connectivity index (χ0n) is 11.6. The molecule has 0 aliphatic heterocycles. The van der Waals surface area contributed by atoms with Gasteiger partial charge in [-0.05, 0) is 32.3 Å². The zero-order valence-corrected chi connectivity index (χ0v) is 11.6. The van der Waals surface area contributed by atoms with E-state index in [0.717, 1.165) is 0 Å². The molecule has 2 nitrogen and oxygen atoms in total. The molecule has 0 saturated heterocycles. The highest BCUT2D eigenvalue weighted by Crippen LogP contribution is 2.18. The van der Waals surface area contributed by atoms with Crippen molar-refractivity contribution >= 4 is 0 Å². The van der Waals surface area contributed by atoms with E-state index in [-0.39, 0.29) is 12.0 Å². The number of rotatable bonds is 5. The minimum atomic E-state index is -0.654. The number of hydrogen-bond acceptors (Lipinski definition) is 2. The molecule has 0 aliphatic rings. The third-order valence-corrected chi connectivity index (χ3v) is 3.59. The molecule has 2 heteroatoms. The molecule has 0 radical (unpaired) electrons. The molecule has 2 N–H and O–H groups in total. The predicted molar refractivity (Wildman–Crippen MR) is 73.1 cm³/mol. The first-order valence-corrected chi connectivity index (χ1v) is 6.35. The van der Waals surface area contributed by atoms with Crippen molar-refractivity contribution < 1.29 is 5.11 Å². The van der Waals surface area contributed by atoms with Gasteiger partial charge in [-0.15, -0.1) is 0 Å². The molecule has 0 aliphatic carbocycles. The number of nitrogens with one attached hydrogen (secondary N) is 1. The van der Waals surface area contributed by atoms with Gasteiger partial charge in [0, 0.05) is 12.6 Å². The van der Waals surface area contributed by atoms with Crippen LogP contribution in [0.25, 0.3) is 0 Å². The lowest BCUT2D eigenvalue weighted by Gasteiger charge is -2.29. The number of aryl methyl sites for hydroxylation is 1. The molecule has 2 unspecified atom stereocenters. The van der Waals surface area contributed by atoms with Crippen LogP contribution in [0.5, 0.6) is 0 Å². The van der Waals surface area contributed by atoms with E-state index < -0.39 is 5.60 Å². The molecule has 0 fully saturated rings. The Morgan fingerprint density at radius 3 is 2.18 bits per heavy atom. The summed E-state index contributed by atoms with van der Waals surface area (Å²) in [5.74, 6) is 0.250. The van der Waals surface area contributed by atoms with Crippen LogP contribution in [0, 0.1) is 12.8 Å². The standard InChI is InChI=1S/C15H25NO/c1-11(2)15(5,17)10-16-13(4)14-8-6-12(3)7-9-14/h6-9,11,13,16-17H,10H2,1-5H3. The lowest BCUT2D eigenvalue weighted by molar-refractivity contribution is 0.0122. The van der Waals surface area contributed by atoms with Gasteiger partial charge < -0.3 is 10.4 Å². The first kappa shape index (κ1) is 14.2. The van der Waals surface area contributed by atoms with Crippen LogP contribution in [-0.4, -0.2) is 17.3 Å². The molecule has 96 valence electrons. The summed E-state index contributed by atoms with van der Waals surface area (Å²) in [7, 11) is 0. The van der Waals surface area contributed by atoms with E-state index in [9.17, 15) is 5.11 Å². The van der Waals surface area contributed by atoms with Crippen molar-refractivity contribution in [2.75, 3.05) is 6.54 Å². The van der Waals surface area contributed by atoms with Crippen LogP contribution in [0.1, 0.15) is 44.9 Å². The van der Waals surface area contributed by atoms with Crippen LogP contribution < -0.4 is 5.32 Å². The minimum Gasteiger partial charge on any atom is -0.389 e. The summed E-state index contributed by atoms with van der Waals surface area (Å²) in [5.41, 5.74) is 1.88. The molecule has 2 atom stereocenters. The van der Waals surface area contributed by atoms with Crippen molar-refractivity contribution in [1.82, 2.24) is 5.32 Å². The number of aliphatic hydroxyl groups is 1. The van der Waals surface area contributed by atoms with Crippen LogP contribution in [-0.2, 0) is 0 Å². The SMILES string of the molecule is Cc1ccc(C(C)NCC(C)(O)C(C)C)cc1. The van der Waals surface area contributed by atoms with Crippen molar-refractivity contribution in [1.29, 1.82) is 0 Å². The van der Waals surface area contributed by atoms with Gasteiger partial charge in [-0.3, -0.25) is 0 Å². The summed E-state index contributed by atoms with van der Waals surface area (Å²) in [6, 6.07) is 8.77. The van der Waals surface area contributed by atoms with Gasteiger partial charge in [-0.25, -0.2) is 0 Å². The lowest BCUT2D eigenvalue weighted by atomic mass is 9.92. The van der Waals surface area contributed by atoms with Gasteiger partial charge in [0.2, 0.25) is 0 Å². The molecular formula is C15H25NO. The van der Waals surface area contributed by atoms with Gasteiger partial charge in [-0.2, -0.15) is 0 Å². The molecule has 17 heavy (non-hydrogen) atoms. The summed E-state index contributed by atoms with van der Waals surface area (Å²) >= 11 is 0. The molecule has 0 bridgehead atoms.